The molecule has 2 heterocycles. The Morgan fingerprint density at radius 3 is 2.27 bits per heavy atom. The molecule has 0 bridgehead atoms. The fraction of sp³-hybridized carbons (Fsp3) is 0.429. The SMILES string of the molecule is O=C(c1ccc2c(Oc3ccccc3)cccc2c1)C1CC(c2cccc(C(=O)C3CCCN(CC4CC4)C3)c2Cl)CN(CC2CC2)C1. The van der Waals surface area contributed by atoms with Crippen LogP contribution in [0.2, 0.25) is 5.02 Å². The summed E-state index contributed by atoms with van der Waals surface area (Å²) in [6, 6.07) is 27.8. The predicted octanol–water partition coefficient (Wildman–Crippen LogP) is 9.29. The van der Waals surface area contributed by atoms with Crippen LogP contribution < -0.4 is 4.74 Å². The third-order valence-corrected chi connectivity index (χ3v) is 11.5. The van der Waals surface area contributed by atoms with Crippen LogP contribution >= 0.6 is 11.6 Å². The zero-order valence-electron chi connectivity index (χ0n) is 27.7. The van der Waals surface area contributed by atoms with Crippen LogP contribution in [0.15, 0.2) is 84.9 Å². The number of ketones is 2. The van der Waals surface area contributed by atoms with Gasteiger partial charge in [0, 0.05) is 61.1 Å². The minimum Gasteiger partial charge on any atom is -0.457 e. The van der Waals surface area contributed by atoms with Crippen LogP contribution in [0.4, 0.5) is 0 Å². The van der Waals surface area contributed by atoms with Crippen LogP contribution in [-0.4, -0.2) is 60.6 Å². The maximum atomic E-state index is 14.3. The molecule has 0 aromatic heterocycles. The summed E-state index contributed by atoms with van der Waals surface area (Å²) >= 11 is 7.19. The summed E-state index contributed by atoms with van der Waals surface area (Å²) < 4.78 is 6.20. The van der Waals surface area contributed by atoms with Gasteiger partial charge in [-0.05, 0) is 117 Å². The number of hydrogen-bond donors (Lipinski definition) is 0. The number of hydrogen-bond acceptors (Lipinski definition) is 5. The molecule has 4 aliphatic rings. The number of carbonyl (C=O) groups excluding carboxylic acids is 2. The molecule has 48 heavy (non-hydrogen) atoms. The highest BCUT2D eigenvalue weighted by Crippen LogP contribution is 2.40. The number of benzene rings is 4. The molecule has 0 amide bonds. The van der Waals surface area contributed by atoms with Crippen LogP contribution in [0, 0.1) is 23.7 Å². The molecule has 5 nitrogen and oxygen atoms in total. The molecule has 0 spiro atoms. The van der Waals surface area contributed by atoms with Crippen molar-refractivity contribution in [3.63, 3.8) is 0 Å². The Kier molecular flexibility index (Phi) is 9.11. The van der Waals surface area contributed by atoms with E-state index in [1.165, 1.54) is 25.7 Å². The molecule has 3 atom stereocenters. The molecule has 0 radical (unpaired) electrons. The Balaban J connectivity index is 1.03. The average molecular weight is 661 g/mol. The van der Waals surface area contributed by atoms with Gasteiger partial charge in [0.2, 0.25) is 0 Å². The van der Waals surface area contributed by atoms with E-state index in [0.29, 0.717) is 10.6 Å². The number of Topliss-reactive ketones (excluding diaryl/α,β-unsaturated/α-hetero) is 2. The minimum atomic E-state index is -0.145. The average Bonchev–Trinajstić information content (AvgIpc) is 4.06. The summed E-state index contributed by atoms with van der Waals surface area (Å²) in [5.41, 5.74) is 2.42. The van der Waals surface area contributed by atoms with Gasteiger partial charge in [0.25, 0.3) is 0 Å². The number of carbonyl (C=O) groups is 2. The molecule has 4 aromatic rings. The molecular formula is C42H45ClN2O3. The highest BCUT2D eigenvalue weighted by Gasteiger charge is 2.37. The van der Waals surface area contributed by atoms with Gasteiger partial charge >= 0.3 is 0 Å². The highest BCUT2D eigenvalue weighted by molar-refractivity contribution is 6.35. The van der Waals surface area contributed by atoms with Crippen molar-refractivity contribution in [3.05, 3.63) is 107 Å². The van der Waals surface area contributed by atoms with Crippen molar-refractivity contribution in [1.29, 1.82) is 0 Å². The summed E-state index contributed by atoms with van der Waals surface area (Å²) in [7, 11) is 0. The maximum absolute atomic E-state index is 14.3. The first-order valence-corrected chi connectivity index (χ1v) is 18.4. The number of halogens is 1. The second kappa shape index (κ2) is 13.8. The summed E-state index contributed by atoms with van der Waals surface area (Å²) in [4.78, 5) is 33.2. The van der Waals surface area contributed by atoms with Crippen molar-refractivity contribution in [1.82, 2.24) is 9.80 Å². The van der Waals surface area contributed by atoms with E-state index in [2.05, 4.69) is 15.9 Å². The normalized spacial score (nSPS) is 23.6. The molecular weight excluding hydrogens is 616 g/mol. The topological polar surface area (TPSA) is 49.9 Å². The fourth-order valence-electron chi connectivity index (χ4n) is 8.14. The second-order valence-electron chi connectivity index (χ2n) is 14.9. The molecule has 4 aromatic carbocycles. The lowest BCUT2D eigenvalue weighted by Crippen LogP contribution is -2.43. The summed E-state index contributed by atoms with van der Waals surface area (Å²) in [5.74, 6) is 3.42. The number of likely N-dealkylation sites (tertiary alicyclic amines) is 2. The molecule has 8 rings (SSSR count). The van der Waals surface area contributed by atoms with E-state index in [9.17, 15) is 9.59 Å². The first-order chi connectivity index (χ1) is 23.5. The third kappa shape index (κ3) is 7.10. The van der Waals surface area contributed by atoms with Crippen LogP contribution in [0.3, 0.4) is 0 Å². The van der Waals surface area contributed by atoms with Crippen molar-refractivity contribution in [2.75, 3.05) is 39.3 Å². The second-order valence-corrected chi connectivity index (χ2v) is 15.3. The van der Waals surface area contributed by atoms with Crippen molar-refractivity contribution in [2.45, 2.75) is 50.9 Å². The fourth-order valence-corrected chi connectivity index (χ4v) is 8.52. The molecule has 6 heteroatoms. The first kappa shape index (κ1) is 31.7. The molecule has 2 aliphatic heterocycles. The smallest absolute Gasteiger partial charge is 0.168 e. The van der Waals surface area contributed by atoms with E-state index < -0.39 is 0 Å². The maximum Gasteiger partial charge on any atom is 0.168 e. The summed E-state index contributed by atoms with van der Waals surface area (Å²) in [6.45, 7) is 5.72. The quantitative estimate of drug-likeness (QED) is 0.150. The Labute approximate surface area is 289 Å². The van der Waals surface area contributed by atoms with Gasteiger partial charge in [0.1, 0.15) is 11.5 Å². The molecule has 0 N–H and O–H groups in total. The molecule has 248 valence electrons. The number of rotatable bonds is 11. The third-order valence-electron chi connectivity index (χ3n) is 11.0. The molecule has 3 unspecified atom stereocenters. The van der Waals surface area contributed by atoms with Crippen LogP contribution in [-0.2, 0) is 0 Å². The lowest BCUT2D eigenvalue weighted by atomic mass is 9.79. The lowest BCUT2D eigenvalue weighted by Gasteiger charge is -2.38. The van der Waals surface area contributed by atoms with E-state index in [0.717, 1.165) is 104 Å². The van der Waals surface area contributed by atoms with Crippen molar-refractivity contribution < 1.29 is 14.3 Å². The van der Waals surface area contributed by atoms with Gasteiger partial charge < -0.3 is 14.5 Å². The number of nitrogens with zero attached hydrogens (tertiary/aromatic N) is 2. The van der Waals surface area contributed by atoms with Gasteiger partial charge in [0.05, 0.1) is 5.02 Å². The molecule has 2 saturated carbocycles. The van der Waals surface area contributed by atoms with Crippen LogP contribution in [0.25, 0.3) is 10.8 Å². The number of fused-ring (bicyclic) bond motifs is 1. The minimum absolute atomic E-state index is 0.00353. The van der Waals surface area contributed by atoms with Gasteiger partial charge in [0.15, 0.2) is 11.6 Å². The number of piperidine rings is 2. The predicted molar refractivity (Wildman–Crippen MR) is 192 cm³/mol. The van der Waals surface area contributed by atoms with E-state index in [1.54, 1.807) is 0 Å². The van der Waals surface area contributed by atoms with Gasteiger partial charge in [-0.3, -0.25) is 9.59 Å². The Morgan fingerprint density at radius 2 is 1.48 bits per heavy atom. The number of ether oxygens (including phenoxy) is 1. The Morgan fingerprint density at radius 1 is 0.729 bits per heavy atom. The highest BCUT2D eigenvalue weighted by atomic mass is 35.5. The summed E-state index contributed by atoms with van der Waals surface area (Å²) in [5, 5.41) is 2.57. The first-order valence-electron chi connectivity index (χ1n) is 18.1. The van der Waals surface area contributed by atoms with Crippen LogP contribution in [0.1, 0.15) is 77.1 Å². The van der Waals surface area contributed by atoms with Gasteiger partial charge in [-0.15, -0.1) is 0 Å². The van der Waals surface area contributed by atoms with E-state index in [1.807, 2.05) is 78.9 Å². The van der Waals surface area contributed by atoms with Crippen molar-refractivity contribution >= 4 is 33.9 Å². The molecule has 4 fully saturated rings. The zero-order valence-corrected chi connectivity index (χ0v) is 28.4. The lowest BCUT2D eigenvalue weighted by molar-refractivity contribution is 0.0783. The zero-order chi connectivity index (χ0) is 32.6. The van der Waals surface area contributed by atoms with E-state index in [-0.39, 0.29) is 29.3 Å². The van der Waals surface area contributed by atoms with Crippen molar-refractivity contribution in [2.24, 2.45) is 23.7 Å². The Bertz CT molecular complexity index is 1800. The standard InChI is InChI=1S/C42H45ClN2O3/c43-40-37(11-5-12-38(40)42(47)32-8-6-20-44(25-32)23-28-14-15-28)33-22-34(27-45(26-33)24-29-16-17-29)41(46)31-18-19-36-30(21-31)7-4-13-39(36)48-35-9-2-1-3-10-35/h1-5,7,9-13,18-19,21,28-29,32-34H,6,8,14-17,20,22-27H2. The van der Waals surface area contributed by atoms with Gasteiger partial charge in [-0.25, -0.2) is 0 Å². The van der Waals surface area contributed by atoms with Crippen LogP contribution in [0.5, 0.6) is 11.5 Å². The molecule has 2 aliphatic carbocycles. The van der Waals surface area contributed by atoms with Gasteiger partial charge in [-0.1, -0.05) is 60.1 Å². The molecule has 2 saturated heterocycles. The van der Waals surface area contributed by atoms with E-state index >= 15 is 0 Å². The van der Waals surface area contributed by atoms with E-state index in [4.69, 9.17) is 16.3 Å². The summed E-state index contributed by atoms with van der Waals surface area (Å²) in [6.07, 6.45) is 7.92. The Hall–Kier alpha value is -3.51. The number of para-hydroxylation sites is 1. The van der Waals surface area contributed by atoms with Crippen molar-refractivity contribution in [3.8, 4) is 11.5 Å². The monoisotopic (exact) mass is 660 g/mol. The largest absolute Gasteiger partial charge is 0.457 e. The van der Waals surface area contributed by atoms with Gasteiger partial charge in [-0.2, -0.15) is 0 Å².